The first-order valence-electron chi connectivity index (χ1n) is 10.8. The minimum Gasteiger partial charge on any atom is -0.390 e. The Morgan fingerprint density at radius 1 is 0.969 bits per heavy atom. The third kappa shape index (κ3) is 3.97. The number of imidazole rings is 1. The normalized spacial score (nSPS) is 19.9. The smallest absolute Gasteiger partial charge is 0.228 e. The number of hydrogen-bond acceptors (Lipinski definition) is 11. The van der Waals surface area contributed by atoms with Crippen LogP contribution in [-0.2, 0) is 9.47 Å². The van der Waals surface area contributed by atoms with E-state index in [-0.39, 0.29) is 12.1 Å². The second-order valence-electron chi connectivity index (χ2n) is 7.93. The number of nitrogen functional groups attached to an aromatic ring is 1. The maximum absolute atomic E-state index is 10.7. The summed E-state index contributed by atoms with van der Waals surface area (Å²) in [5, 5.41) is 10.7. The van der Waals surface area contributed by atoms with Crippen LogP contribution in [0.5, 0.6) is 0 Å². The summed E-state index contributed by atoms with van der Waals surface area (Å²) in [4.78, 5) is 26.9. The minimum absolute atomic E-state index is 0.194. The average Bonchev–Trinajstić information content (AvgIpc) is 3.24. The summed E-state index contributed by atoms with van der Waals surface area (Å²) >= 11 is 0. The maximum atomic E-state index is 10.7. The highest BCUT2D eigenvalue weighted by Crippen LogP contribution is 2.30. The molecule has 12 nitrogen and oxygen atoms in total. The molecule has 0 radical (unpaired) electrons. The zero-order chi connectivity index (χ0) is 22.1. The molecule has 0 amide bonds. The molecule has 32 heavy (non-hydrogen) atoms. The molecule has 0 saturated carbocycles. The van der Waals surface area contributed by atoms with Crippen molar-refractivity contribution in [2.75, 3.05) is 63.2 Å². The van der Waals surface area contributed by atoms with E-state index in [2.05, 4.69) is 24.8 Å². The Bertz CT molecular complexity index is 1060. The predicted molar refractivity (Wildman–Crippen MR) is 117 cm³/mol. The van der Waals surface area contributed by atoms with Gasteiger partial charge in [-0.1, -0.05) is 0 Å². The van der Waals surface area contributed by atoms with E-state index >= 15 is 0 Å². The van der Waals surface area contributed by atoms with Crippen LogP contribution in [0.1, 0.15) is 13.1 Å². The molecule has 2 aliphatic heterocycles. The van der Waals surface area contributed by atoms with Gasteiger partial charge >= 0.3 is 0 Å². The van der Waals surface area contributed by atoms with Crippen LogP contribution in [-0.4, -0.2) is 98.2 Å². The molecule has 0 aromatic carbocycles. The third-order valence-electron chi connectivity index (χ3n) is 5.79. The summed E-state index contributed by atoms with van der Waals surface area (Å²) < 4.78 is 12.9. The Labute approximate surface area is 185 Å². The summed E-state index contributed by atoms with van der Waals surface area (Å²) in [6, 6.07) is 0. The summed E-state index contributed by atoms with van der Waals surface area (Å²) in [6.07, 6.45) is 4.03. The highest BCUT2D eigenvalue weighted by atomic mass is 16.5. The molecule has 170 valence electrons. The van der Waals surface area contributed by atoms with Gasteiger partial charge in [0, 0.05) is 44.1 Å². The Balaban J connectivity index is 1.66. The molecular weight excluding hydrogens is 414 g/mol. The van der Waals surface area contributed by atoms with Gasteiger partial charge < -0.3 is 25.2 Å². The molecule has 2 saturated heterocycles. The van der Waals surface area contributed by atoms with E-state index in [0.29, 0.717) is 67.9 Å². The molecule has 2 aliphatic rings. The zero-order valence-corrected chi connectivity index (χ0v) is 18.0. The SMILES string of the molecule is CC(O)C(N1CCOCC1)n1cnc2c(-c3cnc(N)nc3)nc(N3CCOCC3)nc21. The van der Waals surface area contributed by atoms with E-state index in [1.807, 2.05) is 4.57 Å². The van der Waals surface area contributed by atoms with E-state index in [1.165, 1.54) is 0 Å². The number of nitrogens with zero attached hydrogens (tertiary/aromatic N) is 8. The molecule has 3 N–H and O–H groups in total. The maximum Gasteiger partial charge on any atom is 0.228 e. The van der Waals surface area contributed by atoms with Crippen molar-refractivity contribution in [2.45, 2.75) is 19.2 Å². The summed E-state index contributed by atoms with van der Waals surface area (Å²) in [5.74, 6) is 0.778. The van der Waals surface area contributed by atoms with Crippen molar-refractivity contribution in [1.82, 2.24) is 34.4 Å². The van der Waals surface area contributed by atoms with Crippen molar-refractivity contribution < 1.29 is 14.6 Å². The molecular formula is C20H27N9O3. The summed E-state index contributed by atoms with van der Waals surface area (Å²) in [7, 11) is 0. The Morgan fingerprint density at radius 2 is 1.62 bits per heavy atom. The first-order chi connectivity index (χ1) is 15.6. The van der Waals surface area contributed by atoms with Crippen molar-refractivity contribution in [3.63, 3.8) is 0 Å². The van der Waals surface area contributed by atoms with Gasteiger partial charge in [-0.2, -0.15) is 4.98 Å². The molecule has 3 aromatic heterocycles. The van der Waals surface area contributed by atoms with E-state index in [9.17, 15) is 5.11 Å². The molecule has 12 heteroatoms. The van der Waals surface area contributed by atoms with Gasteiger partial charge in [0.2, 0.25) is 11.9 Å². The van der Waals surface area contributed by atoms with Crippen LogP contribution in [0.25, 0.3) is 22.4 Å². The number of aliphatic hydroxyl groups excluding tert-OH is 1. The van der Waals surface area contributed by atoms with Gasteiger partial charge in [0.1, 0.15) is 17.4 Å². The van der Waals surface area contributed by atoms with Crippen LogP contribution in [0, 0.1) is 0 Å². The monoisotopic (exact) mass is 441 g/mol. The molecule has 2 fully saturated rings. The van der Waals surface area contributed by atoms with Gasteiger partial charge in [-0.05, 0) is 6.92 Å². The lowest BCUT2D eigenvalue weighted by Crippen LogP contribution is -2.45. The molecule has 0 spiro atoms. The van der Waals surface area contributed by atoms with Gasteiger partial charge in [-0.25, -0.2) is 19.9 Å². The quantitative estimate of drug-likeness (QED) is 0.549. The van der Waals surface area contributed by atoms with Crippen LogP contribution >= 0.6 is 0 Å². The highest BCUT2D eigenvalue weighted by Gasteiger charge is 2.30. The number of aliphatic hydroxyl groups is 1. The summed E-state index contributed by atoms with van der Waals surface area (Å²) in [6.45, 7) is 7.09. The molecule has 2 unspecified atom stereocenters. The van der Waals surface area contributed by atoms with Gasteiger partial charge in [0.05, 0.1) is 38.9 Å². The third-order valence-corrected chi connectivity index (χ3v) is 5.79. The molecule has 0 bridgehead atoms. The van der Waals surface area contributed by atoms with E-state index in [0.717, 1.165) is 13.1 Å². The van der Waals surface area contributed by atoms with E-state index in [1.54, 1.807) is 25.6 Å². The first-order valence-corrected chi connectivity index (χ1v) is 10.8. The number of aromatic nitrogens is 6. The van der Waals surface area contributed by atoms with Crippen molar-refractivity contribution in [3.05, 3.63) is 18.7 Å². The van der Waals surface area contributed by atoms with Gasteiger partial charge in [0.25, 0.3) is 0 Å². The predicted octanol–water partition coefficient (Wildman–Crippen LogP) is -0.0863. The number of morpholine rings is 2. The lowest BCUT2D eigenvalue weighted by Gasteiger charge is -2.36. The molecule has 5 rings (SSSR count). The van der Waals surface area contributed by atoms with Crippen molar-refractivity contribution in [1.29, 1.82) is 0 Å². The fourth-order valence-corrected chi connectivity index (χ4v) is 4.22. The zero-order valence-electron chi connectivity index (χ0n) is 18.0. The van der Waals surface area contributed by atoms with Crippen LogP contribution in [0.3, 0.4) is 0 Å². The highest BCUT2D eigenvalue weighted by molar-refractivity contribution is 5.88. The van der Waals surface area contributed by atoms with Crippen LogP contribution in [0.4, 0.5) is 11.9 Å². The van der Waals surface area contributed by atoms with Crippen LogP contribution in [0.2, 0.25) is 0 Å². The van der Waals surface area contributed by atoms with Crippen LogP contribution in [0.15, 0.2) is 18.7 Å². The Morgan fingerprint density at radius 3 is 2.28 bits per heavy atom. The Kier molecular flexibility index (Phi) is 5.83. The standard InChI is InChI=1S/C20H27N9O3/c1-13(30)18(27-2-6-31-7-3-27)29-12-24-16-15(14-10-22-19(21)23-11-14)25-20(26-17(16)29)28-4-8-32-9-5-28/h10-13,18,30H,2-9H2,1H3,(H2,21,22,23). The summed E-state index contributed by atoms with van der Waals surface area (Å²) in [5.41, 5.74) is 8.27. The molecule has 5 heterocycles. The van der Waals surface area contributed by atoms with Gasteiger partial charge in [-0.15, -0.1) is 0 Å². The molecule has 3 aromatic rings. The second-order valence-corrected chi connectivity index (χ2v) is 7.93. The number of ether oxygens (including phenoxy) is 2. The van der Waals surface area contributed by atoms with Gasteiger partial charge in [0.15, 0.2) is 5.65 Å². The van der Waals surface area contributed by atoms with Crippen LogP contribution < -0.4 is 10.6 Å². The first kappa shape index (κ1) is 20.9. The topological polar surface area (TPSA) is 141 Å². The Hall–Kier alpha value is -2.93. The number of nitrogens with two attached hydrogens (primary N) is 1. The molecule has 2 atom stereocenters. The van der Waals surface area contributed by atoms with Crippen molar-refractivity contribution in [2.24, 2.45) is 0 Å². The van der Waals surface area contributed by atoms with E-state index < -0.39 is 6.10 Å². The largest absolute Gasteiger partial charge is 0.390 e. The van der Waals surface area contributed by atoms with E-state index in [4.69, 9.17) is 25.2 Å². The molecule has 0 aliphatic carbocycles. The minimum atomic E-state index is -0.643. The van der Waals surface area contributed by atoms with Gasteiger partial charge in [-0.3, -0.25) is 9.47 Å². The van der Waals surface area contributed by atoms with Crippen molar-refractivity contribution in [3.8, 4) is 11.3 Å². The lowest BCUT2D eigenvalue weighted by molar-refractivity contribution is -0.0424. The number of anilines is 2. The van der Waals surface area contributed by atoms with Crippen molar-refractivity contribution >= 4 is 23.1 Å². The lowest BCUT2D eigenvalue weighted by atomic mass is 10.2. The number of hydrogen-bond donors (Lipinski definition) is 2. The fraction of sp³-hybridized carbons (Fsp3) is 0.550. The number of rotatable bonds is 5. The fourth-order valence-electron chi connectivity index (χ4n) is 4.22. The second kappa shape index (κ2) is 8.90. The average molecular weight is 441 g/mol. The number of fused-ring (bicyclic) bond motifs is 1.